The van der Waals surface area contributed by atoms with Crippen LogP contribution in [-0.4, -0.2) is 22.6 Å². The number of anilines is 1. The van der Waals surface area contributed by atoms with Crippen molar-refractivity contribution in [2.75, 3.05) is 11.4 Å². The third kappa shape index (κ3) is 5.22. The number of halogens is 1. The summed E-state index contributed by atoms with van der Waals surface area (Å²) in [7, 11) is 0. The molecule has 0 aliphatic heterocycles. The van der Waals surface area contributed by atoms with Gasteiger partial charge in [0, 0.05) is 22.7 Å². The maximum absolute atomic E-state index is 13.1. The van der Waals surface area contributed by atoms with Crippen molar-refractivity contribution in [3.63, 3.8) is 0 Å². The lowest BCUT2D eigenvalue weighted by Crippen LogP contribution is -2.34. The van der Waals surface area contributed by atoms with Crippen LogP contribution in [0.2, 0.25) is 5.02 Å². The number of rotatable bonds is 5. The Bertz CT molecular complexity index is 990. The molecular formula is C23H26ClN3OS. The van der Waals surface area contributed by atoms with Crippen molar-refractivity contribution in [3.05, 3.63) is 64.7 Å². The number of hydrogen-bond donors (Lipinski definition) is 0. The molecule has 1 aromatic heterocycles. The second kappa shape index (κ2) is 8.64. The predicted molar refractivity (Wildman–Crippen MR) is 122 cm³/mol. The molecule has 0 radical (unpaired) electrons. The third-order valence-electron chi connectivity index (χ3n) is 4.51. The third-order valence-corrected chi connectivity index (χ3v) is 5.74. The Morgan fingerprint density at radius 1 is 1.10 bits per heavy atom. The van der Waals surface area contributed by atoms with E-state index in [4.69, 9.17) is 11.6 Å². The standard InChI is InChI=1S/C23H26ClN3OS/c1-15(2)14-27(21(28)17-7-6-8-19(24)13-17)22-26-25-20(29-22)16-9-11-18(12-10-16)23(3,4)5/h6-13,15H,14H2,1-5H3. The largest absolute Gasteiger partial charge is 0.282 e. The molecule has 0 bridgehead atoms. The first kappa shape index (κ1) is 21.5. The molecule has 0 aliphatic rings. The van der Waals surface area contributed by atoms with Gasteiger partial charge in [-0.3, -0.25) is 9.69 Å². The van der Waals surface area contributed by atoms with E-state index in [0.717, 1.165) is 10.6 Å². The molecule has 3 aromatic rings. The van der Waals surface area contributed by atoms with E-state index < -0.39 is 0 Å². The number of benzene rings is 2. The minimum atomic E-state index is -0.119. The van der Waals surface area contributed by atoms with Crippen molar-refractivity contribution in [3.8, 4) is 10.6 Å². The van der Waals surface area contributed by atoms with Gasteiger partial charge in [0.05, 0.1) is 0 Å². The number of carbonyl (C=O) groups is 1. The van der Waals surface area contributed by atoms with E-state index in [1.807, 2.05) is 0 Å². The Kier molecular flexibility index (Phi) is 6.39. The molecule has 4 nitrogen and oxygen atoms in total. The highest BCUT2D eigenvalue weighted by Gasteiger charge is 2.23. The molecule has 0 unspecified atom stereocenters. The van der Waals surface area contributed by atoms with Gasteiger partial charge in [-0.05, 0) is 35.1 Å². The molecule has 2 aromatic carbocycles. The SMILES string of the molecule is CC(C)CN(C(=O)c1cccc(Cl)c1)c1nnc(-c2ccc(C(C)(C)C)cc2)s1. The molecular weight excluding hydrogens is 402 g/mol. The van der Waals surface area contributed by atoms with E-state index >= 15 is 0 Å². The van der Waals surface area contributed by atoms with Gasteiger partial charge in [0.1, 0.15) is 5.01 Å². The zero-order valence-electron chi connectivity index (χ0n) is 17.4. The van der Waals surface area contributed by atoms with Gasteiger partial charge in [0.25, 0.3) is 5.91 Å². The molecule has 3 rings (SSSR count). The maximum atomic E-state index is 13.1. The fourth-order valence-electron chi connectivity index (χ4n) is 2.94. The van der Waals surface area contributed by atoms with E-state index in [0.29, 0.717) is 22.3 Å². The first-order valence-electron chi connectivity index (χ1n) is 9.67. The summed E-state index contributed by atoms with van der Waals surface area (Å²) in [4.78, 5) is 14.8. The molecule has 152 valence electrons. The molecule has 6 heteroatoms. The lowest BCUT2D eigenvalue weighted by atomic mass is 9.87. The smallest absolute Gasteiger partial charge is 0.260 e. The summed E-state index contributed by atoms with van der Waals surface area (Å²) in [6, 6.07) is 15.4. The van der Waals surface area contributed by atoms with E-state index in [1.54, 1.807) is 29.2 Å². The van der Waals surface area contributed by atoms with Gasteiger partial charge >= 0.3 is 0 Å². The fraction of sp³-hybridized carbons (Fsp3) is 0.348. The zero-order chi connectivity index (χ0) is 21.2. The van der Waals surface area contributed by atoms with Crippen LogP contribution < -0.4 is 4.90 Å². The van der Waals surface area contributed by atoms with Gasteiger partial charge in [-0.15, -0.1) is 10.2 Å². The van der Waals surface area contributed by atoms with Gasteiger partial charge in [0.2, 0.25) is 5.13 Å². The molecule has 0 aliphatic carbocycles. The van der Waals surface area contributed by atoms with Crippen molar-refractivity contribution in [2.45, 2.75) is 40.0 Å². The van der Waals surface area contributed by atoms with Crippen molar-refractivity contribution >= 4 is 34.0 Å². The minimum absolute atomic E-state index is 0.0995. The van der Waals surface area contributed by atoms with Crippen LogP contribution in [0.15, 0.2) is 48.5 Å². The van der Waals surface area contributed by atoms with Gasteiger partial charge < -0.3 is 0 Å². The van der Waals surface area contributed by atoms with Crippen molar-refractivity contribution in [1.29, 1.82) is 0 Å². The molecule has 0 N–H and O–H groups in total. The number of aromatic nitrogens is 2. The number of carbonyl (C=O) groups excluding carboxylic acids is 1. The van der Waals surface area contributed by atoms with Crippen LogP contribution in [0.5, 0.6) is 0 Å². The Balaban J connectivity index is 1.90. The van der Waals surface area contributed by atoms with Gasteiger partial charge in [0.15, 0.2) is 0 Å². The second-order valence-electron chi connectivity index (χ2n) is 8.54. The maximum Gasteiger partial charge on any atom is 0.260 e. The van der Waals surface area contributed by atoms with E-state index in [2.05, 4.69) is 69.1 Å². The van der Waals surface area contributed by atoms with Crippen molar-refractivity contribution in [1.82, 2.24) is 10.2 Å². The topological polar surface area (TPSA) is 46.1 Å². The Hall–Kier alpha value is -2.24. The number of nitrogens with zero attached hydrogens (tertiary/aromatic N) is 3. The highest BCUT2D eigenvalue weighted by atomic mass is 35.5. The number of amides is 1. The summed E-state index contributed by atoms with van der Waals surface area (Å²) < 4.78 is 0. The van der Waals surface area contributed by atoms with Crippen LogP contribution in [-0.2, 0) is 5.41 Å². The van der Waals surface area contributed by atoms with Gasteiger partial charge in [-0.1, -0.05) is 87.9 Å². The molecule has 0 spiro atoms. The lowest BCUT2D eigenvalue weighted by molar-refractivity contribution is 0.0983. The molecule has 1 heterocycles. The van der Waals surface area contributed by atoms with Crippen LogP contribution in [0, 0.1) is 5.92 Å². The predicted octanol–water partition coefficient (Wildman–Crippen LogP) is 6.46. The van der Waals surface area contributed by atoms with E-state index in [9.17, 15) is 4.79 Å². The monoisotopic (exact) mass is 427 g/mol. The Morgan fingerprint density at radius 3 is 2.38 bits per heavy atom. The molecule has 0 saturated carbocycles. The molecule has 0 fully saturated rings. The Morgan fingerprint density at radius 2 is 1.79 bits per heavy atom. The summed E-state index contributed by atoms with van der Waals surface area (Å²) in [6.07, 6.45) is 0. The molecule has 0 atom stereocenters. The summed E-state index contributed by atoms with van der Waals surface area (Å²) in [5, 5.41) is 10.6. The molecule has 29 heavy (non-hydrogen) atoms. The zero-order valence-corrected chi connectivity index (χ0v) is 19.0. The van der Waals surface area contributed by atoms with Gasteiger partial charge in [-0.2, -0.15) is 0 Å². The highest BCUT2D eigenvalue weighted by Crippen LogP contribution is 2.32. The average Bonchev–Trinajstić information content (AvgIpc) is 3.15. The average molecular weight is 428 g/mol. The van der Waals surface area contributed by atoms with Crippen molar-refractivity contribution in [2.24, 2.45) is 5.92 Å². The number of hydrogen-bond acceptors (Lipinski definition) is 4. The quantitative estimate of drug-likeness (QED) is 0.469. The first-order valence-corrected chi connectivity index (χ1v) is 10.9. The first-order chi connectivity index (χ1) is 13.6. The van der Waals surface area contributed by atoms with Crippen LogP contribution >= 0.6 is 22.9 Å². The van der Waals surface area contributed by atoms with Crippen LogP contribution in [0.3, 0.4) is 0 Å². The molecule has 0 saturated heterocycles. The summed E-state index contributed by atoms with van der Waals surface area (Å²) in [6.45, 7) is 11.3. The van der Waals surface area contributed by atoms with Crippen LogP contribution in [0.1, 0.15) is 50.5 Å². The minimum Gasteiger partial charge on any atom is -0.282 e. The van der Waals surface area contributed by atoms with E-state index in [-0.39, 0.29) is 17.2 Å². The van der Waals surface area contributed by atoms with Crippen LogP contribution in [0.25, 0.3) is 10.6 Å². The fourth-order valence-corrected chi connectivity index (χ4v) is 3.99. The van der Waals surface area contributed by atoms with Crippen LogP contribution in [0.4, 0.5) is 5.13 Å². The summed E-state index contributed by atoms with van der Waals surface area (Å²) in [5.74, 6) is 0.170. The van der Waals surface area contributed by atoms with Crippen molar-refractivity contribution < 1.29 is 4.79 Å². The normalized spacial score (nSPS) is 11.7. The highest BCUT2D eigenvalue weighted by molar-refractivity contribution is 7.18. The second-order valence-corrected chi connectivity index (χ2v) is 9.93. The van der Waals surface area contributed by atoms with Gasteiger partial charge in [-0.25, -0.2) is 0 Å². The molecule has 1 amide bonds. The lowest BCUT2D eigenvalue weighted by Gasteiger charge is -2.21. The Labute approximate surface area is 181 Å². The van der Waals surface area contributed by atoms with E-state index in [1.165, 1.54) is 16.9 Å². The summed E-state index contributed by atoms with van der Waals surface area (Å²) >= 11 is 7.50. The summed E-state index contributed by atoms with van der Waals surface area (Å²) in [5.41, 5.74) is 2.91.